The number of rotatable bonds is 2. The first-order chi connectivity index (χ1) is 2.81. The summed E-state index contributed by atoms with van der Waals surface area (Å²) in [7, 11) is 0. The Kier molecular flexibility index (Phi) is 16.8. The molecule has 7 heteroatoms. The topological polar surface area (TPSA) is 35.5 Å². The van der Waals surface area contributed by atoms with E-state index in [4.69, 9.17) is 0 Å². The average molecular weight is 514 g/mol. The molecular weight excluding hydrogens is 513 g/mol. The molecule has 7 heavy (non-hydrogen) atoms. The Balaban J connectivity index is 0. The van der Waals surface area contributed by atoms with Crippen LogP contribution in [0, 0.1) is 0 Å². The zero-order valence-corrected chi connectivity index (χ0v) is 7.39. The summed E-state index contributed by atoms with van der Waals surface area (Å²) in [6.45, 7) is 0. The van der Waals surface area contributed by atoms with Gasteiger partial charge in [-0.15, -0.1) is 0 Å². The van der Waals surface area contributed by atoms with Crippen LogP contribution in [0.2, 0.25) is 0 Å². The molecule has 0 aromatic heterocycles. The summed E-state index contributed by atoms with van der Waals surface area (Å²) in [6.07, 6.45) is 0. The monoisotopic (exact) mass is 514 g/mol. The van der Waals surface area contributed by atoms with Crippen molar-refractivity contribution in [2.45, 2.75) is 0 Å². The molecule has 0 amide bonds. The maximum atomic E-state index is 9.82. The molecule has 0 aliphatic rings. The predicted molar refractivity (Wildman–Crippen MR) is 17.5 cm³/mol. The Bertz CT molecular complexity index is 50.9. The van der Waals surface area contributed by atoms with Crippen molar-refractivity contribution in [2.24, 2.45) is 0 Å². The van der Waals surface area contributed by atoms with Crippen LogP contribution in [0.1, 0.15) is 0 Å². The Morgan fingerprint density at radius 1 is 1.29 bits per heavy atom. The van der Waals surface area contributed by atoms with Crippen LogP contribution in [0.4, 0.5) is 0 Å². The summed E-state index contributed by atoms with van der Waals surface area (Å²) < 4.78 is 18.0. The number of hydrogen-bond acceptors (Lipinski definition) is 3. The molecule has 0 rings (SSSR count). The molecule has 0 aromatic carbocycles. The molecule has 0 saturated carbocycles. The second-order valence-corrected chi connectivity index (χ2v) is 3.08. The van der Waals surface area contributed by atoms with Gasteiger partial charge in [0.1, 0.15) is 0 Å². The van der Waals surface area contributed by atoms with Gasteiger partial charge in [0.2, 0.25) is 0 Å². The van der Waals surface area contributed by atoms with E-state index >= 15 is 0 Å². The van der Waals surface area contributed by atoms with E-state index in [1.165, 1.54) is 0 Å². The first-order valence-corrected chi connectivity index (χ1v) is 3.52. The molecule has 0 fully saturated rings. The van der Waals surface area contributed by atoms with Gasteiger partial charge < -0.3 is 0 Å². The first-order valence-electron chi connectivity index (χ1n) is 0.746. The van der Waals surface area contributed by atoms with Gasteiger partial charge in [-0.05, 0) is 0 Å². The van der Waals surface area contributed by atoms with Gasteiger partial charge in [0.15, 0.2) is 0 Å². The van der Waals surface area contributed by atoms with Gasteiger partial charge in [-0.2, -0.15) is 0 Å². The van der Waals surface area contributed by atoms with E-state index in [9.17, 15) is 4.21 Å². The van der Waals surface area contributed by atoms with Crippen molar-refractivity contribution in [2.75, 3.05) is 0 Å². The van der Waals surface area contributed by atoms with E-state index in [0.717, 1.165) is 0 Å². The Morgan fingerprint density at radius 3 is 1.57 bits per heavy atom. The van der Waals surface area contributed by atoms with E-state index in [1.807, 2.05) is 0 Å². The maximum absolute atomic E-state index is 9.82. The molecule has 0 aliphatic heterocycles. The van der Waals surface area contributed by atoms with Crippen LogP contribution in [-0.4, -0.2) is 55.6 Å². The molecule has 0 heterocycles. The van der Waals surface area contributed by atoms with Gasteiger partial charge in [0.25, 0.3) is 0 Å². The molecule has 48 valence electrons. The van der Waals surface area contributed by atoms with Crippen LogP contribution in [-0.2, 0) is 59.7 Å². The molecule has 0 radical (unpaired) electrons. The molecule has 0 spiro atoms. The van der Waals surface area contributed by atoms with Crippen molar-refractivity contribution >= 4 is 62.7 Å². The van der Waals surface area contributed by atoms with Gasteiger partial charge in [0.05, 0.1) is 0 Å². The van der Waals surface area contributed by atoms with E-state index in [-0.39, 0.29) is 51.4 Å². The second kappa shape index (κ2) is 9.19. The van der Waals surface area contributed by atoms with Gasteiger partial charge in [0, 0.05) is 0 Å². The average Bonchev–Trinajstić information content (AvgIpc) is 1.65. The van der Waals surface area contributed by atoms with Crippen LogP contribution in [0.15, 0.2) is 0 Å². The van der Waals surface area contributed by atoms with Crippen LogP contribution in [0.5, 0.6) is 0 Å². The fourth-order valence-corrected chi connectivity index (χ4v) is 1.24. The SMILES string of the molecule is O=S([O][Au])[O][Au].[KH]. The van der Waals surface area contributed by atoms with Crippen molar-refractivity contribution in [3.63, 3.8) is 0 Å². The van der Waals surface area contributed by atoms with Crippen molar-refractivity contribution in [1.29, 1.82) is 0 Å². The van der Waals surface area contributed by atoms with Gasteiger partial charge >= 0.3 is 115 Å². The van der Waals surface area contributed by atoms with Crippen molar-refractivity contribution in [3.05, 3.63) is 0 Å². The summed E-state index contributed by atoms with van der Waals surface area (Å²) in [5, 5.41) is 0. The fourth-order valence-electron chi connectivity index (χ4n) is 0.00619. The van der Waals surface area contributed by atoms with Crippen molar-refractivity contribution in [3.8, 4) is 0 Å². The quantitative estimate of drug-likeness (QED) is 0.439. The Labute approximate surface area is 112 Å². The Morgan fingerprint density at radius 2 is 1.57 bits per heavy atom. The van der Waals surface area contributed by atoms with Gasteiger partial charge in [-0.25, -0.2) is 0 Å². The van der Waals surface area contributed by atoms with E-state index in [1.54, 1.807) is 42.9 Å². The normalized spacial score (nSPS) is 8.71. The van der Waals surface area contributed by atoms with Crippen LogP contribution < -0.4 is 0 Å². The molecule has 0 saturated heterocycles. The molecule has 3 nitrogen and oxygen atoms in total. The summed E-state index contributed by atoms with van der Waals surface area (Å²) >= 11 is 1.69. The summed E-state index contributed by atoms with van der Waals surface area (Å²) in [4.78, 5) is 0. The zero-order chi connectivity index (χ0) is 4.99. The Hall–Kier alpha value is 3.19. The third kappa shape index (κ3) is 9.19. The molecule has 0 atom stereocenters. The van der Waals surface area contributed by atoms with Crippen LogP contribution in [0.25, 0.3) is 0 Å². The van der Waals surface area contributed by atoms with Crippen molar-refractivity contribution < 1.29 is 52.5 Å². The standard InChI is InChI=1S/2Au.K.H2O3S.H/c;;;1-4(2)3;/h;;;(H2,1,2,3);/q2*+1;;;/p-2. The molecule has 0 aromatic rings. The van der Waals surface area contributed by atoms with E-state index < -0.39 is 11.4 Å². The number of hydrogen-bond donors (Lipinski definition) is 0. The van der Waals surface area contributed by atoms with Gasteiger partial charge in [-0.1, -0.05) is 0 Å². The summed E-state index contributed by atoms with van der Waals surface area (Å²) in [6, 6.07) is 0. The van der Waals surface area contributed by atoms with Gasteiger partial charge in [-0.3, -0.25) is 0 Å². The zero-order valence-electron chi connectivity index (χ0n) is 2.24. The summed E-state index contributed by atoms with van der Waals surface area (Å²) in [5.41, 5.74) is 0. The van der Waals surface area contributed by atoms with E-state index in [0.29, 0.717) is 0 Å². The fraction of sp³-hybridized carbons (Fsp3) is 0. The molecule has 0 aliphatic carbocycles. The minimum atomic E-state index is -1.58. The minimum absolute atomic E-state index is 0. The predicted octanol–water partition coefficient (Wildman–Crippen LogP) is -1.13. The van der Waals surface area contributed by atoms with E-state index in [2.05, 4.69) is 5.38 Å². The summed E-state index contributed by atoms with van der Waals surface area (Å²) in [5.74, 6) is 0. The molecule has 0 N–H and O–H groups in total. The third-order valence-corrected chi connectivity index (χ3v) is 2.02. The van der Waals surface area contributed by atoms with Crippen LogP contribution >= 0.6 is 0 Å². The molecule has 0 unspecified atom stereocenters. The molecular formula is HAu2KO3S. The van der Waals surface area contributed by atoms with Crippen molar-refractivity contribution in [1.82, 2.24) is 0 Å². The van der Waals surface area contributed by atoms with Crippen LogP contribution in [0.3, 0.4) is 0 Å². The second-order valence-electron chi connectivity index (χ2n) is 0.305. The molecule has 0 bridgehead atoms. The third-order valence-electron chi connectivity index (χ3n) is 0.0821. The first kappa shape index (κ1) is 12.8.